The van der Waals surface area contributed by atoms with E-state index in [2.05, 4.69) is 5.32 Å². The molecule has 1 aliphatic rings. The van der Waals surface area contributed by atoms with Crippen molar-refractivity contribution in [2.24, 2.45) is 5.92 Å². The van der Waals surface area contributed by atoms with Gasteiger partial charge < -0.3 is 14.5 Å². The topological polar surface area (TPSA) is 34.4 Å². The second-order valence-corrected chi connectivity index (χ2v) is 4.51. The molecule has 0 aliphatic carbocycles. The molecule has 3 heteroatoms. The van der Waals surface area contributed by atoms with Gasteiger partial charge in [-0.05, 0) is 57.3 Å². The minimum atomic E-state index is 0.0803. The monoisotopic (exact) mass is 223 g/mol. The Hall–Kier alpha value is -0.800. The van der Waals surface area contributed by atoms with Gasteiger partial charge in [-0.3, -0.25) is 0 Å². The summed E-state index contributed by atoms with van der Waals surface area (Å²) in [6, 6.07) is 3.87. The molecule has 1 N–H and O–H groups in total. The van der Waals surface area contributed by atoms with Gasteiger partial charge >= 0.3 is 0 Å². The van der Waals surface area contributed by atoms with Crippen molar-refractivity contribution < 1.29 is 9.15 Å². The molecule has 1 aromatic rings. The van der Waals surface area contributed by atoms with E-state index in [4.69, 9.17) is 9.15 Å². The Morgan fingerprint density at radius 3 is 3.00 bits per heavy atom. The summed E-state index contributed by atoms with van der Waals surface area (Å²) in [6.07, 6.45) is 5.53. The fourth-order valence-corrected chi connectivity index (χ4v) is 2.19. The standard InChI is InChI=1S/C13H21NO2/c1-11(13-3-2-9-16-13)15-10-6-12-4-7-14-8-5-12/h2-3,9,11-12,14H,4-8,10H2,1H3. The molecule has 0 aromatic carbocycles. The molecular weight excluding hydrogens is 202 g/mol. The zero-order valence-electron chi connectivity index (χ0n) is 9.95. The number of rotatable bonds is 5. The van der Waals surface area contributed by atoms with Crippen LogP contribution >= 0.6 is 0 Å². The molecule has 0 bridgehead atoms. The molecule has 1 unspecified atom stereocenters. The van der Waals surface area contributed by atoms with Crippen LogP contribution in [0.25, 0.3) is 0 Å². The van der Waals surface area contributed by atoms with Gasteiger partial charge in [-0.2, -0.15) is 0 Å². The highest BCUT2D eigenvalue weighted by Crippen LogP contribution is 2.20. The predicted octanol–water partition coefficient (Wildman–Crippen LogP) is 2.75. The number of nitrogens with one attached hydrogen (secondary N) is 1. The Morgan fingerprint density at radius 2 is 2.31 bits per heavy atom. The number of hydrogen-bond donors (Lipinski definition) is 1. The van der Waals surface area contributed by atoms with Gasteiger partial charge in [0.25, 0.3) is 0 Å². The maximum atomic E-state index is 5.77. The van der Waals surface area contributed by atoms with Crippen molar-refractivity contribution in [2.75, 3.05) is 19.7 Å². The van der Waals surface area contributed by atoms with Gasteiger partial charge in [0.1, 0.15) is 11.9 Å². The highest BCUT2D eigenvalue weighted by atomic mass is 16.5. The molecule has 0 amide bonds. The van der Waals surface area contributed by atoms with Crippen molar-refractivity contribution in [2.45, 2.75) is 32.3 Å². The normalized spacial score (nSPS) is 19.8. The summed E-state index contributed by atoms with van der Waals surface area (Å²) >= 11 is 0. The van der Waals surface area contributed by atoms with Crippen LogP contribution in [-0.4, -0.2) is 19.7 Å². The van der Waals surface area contributed by atoms with Gasteiger partial charge in [0, 0.05) is 6.61 Å². The van der Waals surface area contributed by atoms with Crippen molar-refractivity contribution in [3.63, 3.8) is 0 Å². The Labute approximate surface area is 97.2 Å². The second kappa shape index (κ2) is 6.06. The van der Waals surface area contributed by atoms with Crippen LogP contribution in [0.1, 0.15) is 38.1 Å². The third kappa shape index (κ3) is 3.35. The molecule has 1 fully saturated rings. The van der Waals surface area contributed by atoms with Crippen LogP contribution in [0.3, 0.4) is 0 Å². The molecular formula is C13H21NO2. The first-order valence-electron chi connectivity index (χ1n) is 6.22. The van der Waals surface area contributed by atoms with E-state index in [1.807, 2.05) is 19.1 Å². The number of furan rings is 1. The fourth-order valence-electron chi connectivity index (χ4n) is 2.19. The summed E-state index contributed by atoms with van der Waals surface area (Å²) in [5.41, 5.74) is 0. The first-order valence-corrected chi connectivity index (χ1v) is 6.22. The van der Waals surface area contributed by atoms with Crippen molar-refractivity contribution in [3.05, 3.63) is 24.2 Å². The van der Waals surface area contributed by atoms with Gasteiger partial charge in [0.05, 0.1) is 6.26 Å². The van der Waals surface area contributed by atoms with E-state index in [9.17, 15) is 0 Å². The van der Waals surface area contributed by atoms with Crippen LogP contribution in [0.2, 0.25) is 0 Å². The molecule has 1 atom stereocenters. The van der Waals surface area contributed by atoms with Crippen LogP contribution in [0.4, 0.5) is 0 Å². The molecule has 1 saturated heterocycles. The van der Waals surface area contributed by atoms with Crippen LogP contribution < -0.4 is 5.32 Å². The Bertz CT molecular complexity index is 278. The van der Waals surface area contributed by atoms with Gasteiger partial charge in [0.15, 0.2) is 0 Å². The molecule has 16 heavy (non-hydrogen) atoms. The SMILES string of the molecule is CC(OCCC1CCNCC1)c1ccco1. The maximum Gasteiger partial charge on any atom is 0.132 e. The fraction of sp³-hybridized carbons (Fsp3) is 0.692. The zero-order valence-corrected chi connectivity index (χ0v) is 9.95. The van der Waals surface area contributed by atoms with Gasteiger partial charge in [0.2, 0.25) is 0 Å². The van der Waals surface area contributed by atoms with Crippen molar-refractivity contribution in [1.82, 2.24) is 5.32 Å². The van der Waals surface area contributed by atoms with E-state index >= 15 is 0 Å². The summed E-state index contributed by atoms with van der Waals surface area (Å²) < 4.78 is 11.1. The summed E-state index contributed by atoms with van der Waals surface area (Å²) in [6.45, 7) is 5.21. The van der Waals surface area contributed by atoms with Gasteiger partial charge in [-0.25, -0.2) is 0 Å². The average Bonchev–Trinajstić information content (AvgIpc) is 2.84. The minimum Gasteiger partial charge on any atom is -0.467 e. The molecule has 2 rings (SSSR count). The molecule has 2 heterocycles. The predicted molar refractivity (Wildman–Crippen MR) is 63.3 cm³/mol. The van der Waals surface area contributed by atoms with Crippen molar-refractivity contribution in [1.29, 1.82) is 0 Å². The zero-order chi connectivity index (χ0) is 11.2. The molecule has 0 spiro atoms. The molecule has 3 nitrogen and oxygen atoms in total. The largest absolute Gasteiger partial charge is 0.467 e. The van der Waals surface area contributed by atoms with Crippen LogP contribution in [0, 0.1) is 5.92 Å². The first kappa shape index (κ1) is 11.7. The van der Waals surface area contributed by atoms with Crippen molar-refractivity contribution >= 4 is 0 Å². The summed E-state index contributed by atoms with van der Waals surface area (Å²) in [5, 5.41) is 3.38. The smallest absolute Gasteiger partial charge is 0.132 e. The van der Waals surface area contributed by atoms with Crippen LogP contribution in [0.5, 0.6) is 0 Å². The van der Waals surface area contributed by atoms with E-state index in [0.29, 0.717) is 0 Å². The maximum absolute atomic E-state index is 5.77. The lowest BCUT2D eigenvalue weighted by molar-refractivity contribution is 0.0398. The lowest BCUT2D eigenvalue weighted by Gasteiger charge is -2.22. The van der Waals surface area contributed by atoms with E-state index in [0.717, 1.165) is 18.3 Å². The molecule has 0 saturated carbocycles. The second-order valence-electron chi connectivity index (χ2n) is 4.51. The van der Waals surface area contributed by atoms with E-state index < -0.39 is 0 Å². The average molecular weight is 223 g/mol. The Morgan fingerprint density at radius 1 is 1.50 bits per heavy atom. The van der Waals surface area contributed by atoms with Gasteiger partial charge in [-0.15, -0.1) is 0 Å². The summed E-state index contributed by atoms with van der Waals surface area (Å²) in [7, 11) is 0. The molecule has 90 valence electrons. The third-order valence-electron chi connectivity index (χ3n) is 3.30. The van der Waals surface area contributed by atoms with Crippen molar-refractivity contribution in [3.8, 4) is 0 Å². The molecule has 1 aromatic heterocycles. The lowest BCUT2D eigenvalue weighted by atomic mass is 9.95. The van der Waals surface area contributed by atoms with Crippen LogP contribution in [0.15, 0.2) is 22.8 Å². The number of hydrogen-bond acceptors (Lipinski definition) is 3. The highest BCUT2D eigenvalue weighted by Gasteiger charge is 2.14. The van der Waals surface area contributed by atoms with E-state index in [1.165, 1.54) is 32.4 Å². The Balaban J connectivity index is 1.63. The van der Waals surface area contributed by atoms with Gasteiger partial charge in [-0.1, -0.05) is 0 Å². The van der Waals surface area contributed by atoms with E-state index in [1.54, 1.807) is 6.26 Å². The molecule has 1 aliphatic heterocycles. The van der Waals surface area contributed by atoms with Crippen LogP contribution in [-0.2, 0) is 4.74 Å². The lowest BCUT2D eigenvalue weighted by Crippen LogP contribution is -2.28. The Kier molecular flexibility index (Phi) is 4.43. The summed E-state index contributed by atoms with van der Waals surface area (Å²) in [5.74, 6) is 1.76. The molecule has 0 radical (unpaired) electrons. The number of ether oxygens (including phenoxy) is 1. The number of piperidine rings is 1. The summed E-state index contributed by atoms with van der Waals surface area (Å²) in [4.78, 5) is 0. The third-order valence-corrected chi connectivity index (χ3v) is 3.30. The minimum absolute atomic E-state index is 0.0803. The quantitative estimate of drug-likeness (QED) is 0.833. The highest BCUT2D eigenvalue weighted by molar-refractivity contribution is 5.00. The van der Waals surface area contributed by atoms with E-state index in [-0.39, 0.29) is 6.10 Å². The first-order chi connectivity index (χ1) is 7.86.